The van der Waals surface area contributed by atoms with Crippen molar-refractivity contribution in [1.29, 1.82) is 0 Å². The lowest BCUT2D eigenvalue weighted by Crippen LogP contribution is -2.43. The van der Waals surface area contributed by atoms with Crippen LogP contribution in [-0.4, -0.2) is 34.8 Å². The third-order valence-corrected chi connectivity index (χ3v) is 4.25. The van der Waals surface area contributed by atoms with Crippen LogP contribution in [0.25, 0.3) is 10.8 Å². The normalized spacial score (nSPS) is 12.4. The molecule has 7 nitrogen and oxygen atoms in total. The maximum Gasteiger partial charge on any atom is 0.328 e. The van der Waals surface area contributed by atoms with E-state index in [1.165, 1.54) is 11.8 Å². The van der Waals surface area contributed by atoms with Crippen molar-refractivity contribution in [1.82, 2.24) is 15.1 Å². The third kappa shape index (κ3) is 4.93. The van der Waals surface area contributed by atoms with Gasteiger partial charge in [-0.25, -0.2) is 9.48 Å². The van der Waals surface area contributed by atoms with Gasteiger partial charge in [0, 0.05) is 5.39 Å². The molecule has 1 amide bonds. The van der Waals surface area contributed by atoms with Crippen molar-refractivity contribution in [3.05, 3.63) is 40.3 Å². The number of hydrogen-bond donors (Lipinski definition) is 1. The minimum atomic E-state index is -0.704. The van der Waals surface area contributed by atoms with Crippen LogP contribution in [0.3, 0.4) is 0 Å². The van der Waals surface area contributed by atoms with E-state index in [9.17, 15) is 14.4 Å². The lowest BCUT2D eigenvalue weighted by molar-refractivity contribution is -0.145. The number of carbonyl (C=O) groups is 2. The Morgan fingerprint density at radius 3 is 2.33 bits per heavy atom. The Morgan fingerprint density at radius 1 is 1.15 bits per heavy atom. The van der Waals surface area contributed by atoms with Crippen LogP contribution in [0.5, 0.6) is 0 Å². The number of amides is 1. The fraction of sp³-hybridized carbons (Fsp3) is 0.500. The van der Waals surface area contributed by atoms with E-state index in [1.807, 2.05) is 27.7 Å². The highest BCUT2D eigenvalue weighted by Crippen LogP contribution is 2.15. The summed E-state index contributed by atoms with van der Waals surface area (Å²) in [7, 11) is 1.30. The lowest BCUT2D eigenvalue weighted by Gasteiger charge is -2.19. The minimum absolute atomic E-state index is 0.0287. The van der Waals surface area contributed by atoms with Crippen LogP contribution in [0.2, 0.25) is 0 Å². The molecule has 7 heteroatoms. The van der Waals surface area contributed by atoms with Crippen molar-refractivity contribution in [3.63, 3.8) is 0 Å². The Hall–Kier alpha value is -2.70. The number of nitrogens with one attached hydrogen (secondary N) is 1. The number of fused-ring (bicyclic) bond motifs is 1. The van der Waals surface area contributed by atoms with Crippen LogP contribution in [0, 0.1) is 5.92 Å². The molecule has 1 atom stereocenters. The molecule has 27 heavy (non-hydrogen) atoms. The molecule has 1 aromatic heterocycles. The second-order valence-electron chi connectivity index (χ2n) is 7.29. The van der Waals surface area contributed by atoms with Gasteiger partial charge in [0.05, 0.1) is 30.7 Å². The highest BCUT2D eigenvalue weighted by Gasteiger charge is 2.23. The van der Waals surface area contributed by atoms with Crippen LogP contribution < -0.4 is 10.9 Å². The summed E-state index contributed by atoms with van der Waals surface area (Å²) in [5.74, 6) is -0.587. The summed E-state index contributed by atoms with van der Waals surface area (Å²) in [5, 5.41) is 8.31. The molecule has 0 aliphatic carbocycles. The number of esters is 1. The van der Waals surface area contributed by atoms with Crippen molar-refractivity contribution in [2.24, 2.45) is 5.92 Å². The molecular formula is C20H27N3O4. The first-order valence-corrected chi connectivity index (χ1v) is 9.12. The molecule has 2 rings (SSSR count). The topological polar surface area (TPSA) is 90.3 Å². The van der Waals surface area contributed by atoms with E-state index in [1.54, 1.807) is 24.3 Å². The average Bonchev–Trinajstić information content (AvgIpc) is 2.62. The largest absolute Gasteiger partial charge is 0.467 e. The summed E-state index contributed by atoms with van der Waals surface area (Å²) in [6.07, 6.45) is 0.456. The maximum absolute atomic E-state index is 12.6. The Morgan fingerprint density at radius 2 is 1.78 bits per heavy atom. The molecule has 1 heterocycles. The summed E-state index contributed by atoms with van der Waals surface area (Å²) < 4.78 is 6.17. The number of benzene rings is 1. The van der Waals surface area contributed by atoms with Crippen molar-refractivity contribution >= 4 is 22.6 Å². The molecule has 146 valence electrons. The van der Waals surface area contributed by atoms with Crippen LogP contribution in [0.4, 0.5) is 0 Å². The molecule has 0 spiro atoms. The Kier molecular flexibility index (Phi) is 6.71. The van der Waals surface area contributed by atoms with Crippen LogP contribution in [0.15, 0.2) is 29.1 Å². The summed E-state index contributed by atoms with van der Waals surface area (Å²) >= 11 is 0. The van der Waals surface area contributed by atoms with Gasteiger partial charge >= 0.3 is 5.97 Å². The highest BCUT2D eigenvalue weighted by atomic mass is 16.5. The van der Waals surface area contributed by atoms with Gasteiger partial charge in [-0.05, 0) is 32.3 Å². The van der Waals surface area contributed by atoms with Gasteiger partial charge in [0.25, 0.3) is 5.56 Å². The number of aromatic nitrogens is 2. The van der Waals surface area contributed by atoms with Crippen molar-refractivity contribution in [2.45, 2.75) is 52.6 Å². The van der Waals surface area contributed by atoms with E-state index in [-0.39, 0.29) is 29.8 Å². The van der Waals surface area contributed by atoms with Gasteiger partial charge in [-0.3, -0.25) is 9.59 Å². The fourth-order valence-electron chi connectivity index (χ4n) is 2.98. The van der Waals surface area contributed by atoms with E-state index in [4.69, 9.17) is 4.74 Å². The fourth-order valence-corrected chi connectivity index (χ4v) is 2.98. The van der Waals surface area contributed by atoms with Crippen LogP contribution in [-0.2, 0) is 20.7 Å². The smallest absolute Gasteiger partial charge is 0.328 e. The summed E-state index contributed by atoms with van der Waals surface area (Å²) in [5.41, 5.74) is 0.321. The monoisotopic (exact) mass is 373 g/mol. The second kappa shape index (κ2) is 8.79. The highest BCUT2D eigenvalue weighted by molar-refractivity contribution is 5.90. The molecule has 0 bridgehead atoms. The molecule has 2 aromatic rings. The van der Waals surface area contributed by atoms with E-state index < -0.39 is 12.0 Å². The molecule has 0 fully saturated rings. The maximum atomic E-state index is 12.6. The number of rotatable bonds is 7. The number of nitrogens with zero attached hydrogens (tertiary/aromatic N) is 2. The van der Waals surface area contributed by atoms with E-state index in [0.29, 0.717) is 22.9 Å². The third-order valence-electron chi connectivity index (χ3n) is 4.25. The Bertz CT molecular complexity index is 886. The summed E-state index contributed by atoms with van der Waals surface area (Å²) in [6.45, 7) is 7.66. The average molecular weight is 373 g/mol. The van der Waals surface area contributed by atoms with E-state index in [2.05, 4.69) is 10.4 Å². The first-order valence-electron chi connectivity index (χ1n) is 9.12. The first kappa shape index (κ1) is 20.6. The summed E-state index contributed by atoms with van der Waals surface area (Å²) in [6, 6.07) is 6.27. The van der Waals surface area contributed by atoms with E-state index >= 15 is 0 Å². The second-order valence-corrected chi connectivity index (χ2v) is 7.29. The van der Waals surface area contributed by atoms with Crippen LogP contribution >= 0.6 is 0 Å². The summed E-state index contributed by atoms with van der Waals surface area (Å²) in [4.78, 5) is 37.1. The lowest BCUT2D eigenvalue weighted by atomic mass is 10.0. The van der Waals surface area contributed by atoms with Gasteiger partial charge in [-0.2, -0.15) is 5.10 Å². The molecule has 0 aliphatic rings. The quantitative estimate of drug-likeness (QED) is 0.752. The number of carbonyl (C=O) groups excluding carboxylic acids is 2. The molecule has 0 aliphatic heterocycles. The Labute approximate surface area is 158 Å². The zero-order valence-electron chi connectivity index (χ0n) is 16.5. The molecule has 1 N–H and O–H groups in total. The van der Waals surface area contributed by atoms with Crippen molar-refractivity contribution in [3.8, 4) is 0 Å². The predicted molar refractivity (Wildman–Crippen MR) is 103 cm³/mol. The Balaban J connectivity index is 2.34. The zero-order valence-corrected chi connectivity index (χ0v) is 16.5. The molecule has 1 aromatic carbocycles. The number of hydrogen-bond acceptors (Lipinski definition) is 5. The van der Waals surface area contributed by atoms with Gasteiger partial charge in [0.2, 0.25) is 5.91 Å². The van der Waals surface area contributed by atoms with Crippen molar-refractivity contribution < 1.29 is 14.3 Å². The number of ether oxygens (including phenoxy) is 1. The molecular weight excluding hydrogens is 346 g/mol. The SMILES string of the molecule is COC(=O)C(CC(C)C)NC(=O)Cc1nn(C(C)C)c(=O)c2ccccc12. The minimum Gasteiger partial charge on any atom is -0.467 e. The van der Waals surface area contributed by atoms with Crippen molar-refractivity contribution in [2.75, 3.05) is 7.11 Å². The standard InChI is InChI=1S/C20H27N3O4/c1-12(2)10-17(20(26)27-5)21-18(24)11-16-14-8-6-7-9-15(14)19(25)23(22-16)13(3)4/h6-9,12-13,17H,10-11H2,1-5H3,(H,21,24). The van der Waals surface area contributed by atoms with Gasteiger partial charge in [0.1, 0.15) is 6.04 Å². The molecule has 0 radical (unpaired) electrons. The van der Waals surface area contributed by atoms with Crippen LogP contribution in [0.1, 0.15) is 45.9 Å². The van der Waals surface area contributed by atoms with Gasteiger partial charge < -0.3 is 10.1 Å². The van der Waals surface area contributed by atoms with Gasteiger partial charge in [0.15, 0.2) is 0 Å². The zero-order chi connectivity index (χ0) is 20.1. The molecule has 0 saturated heterocycles. The molecule has 0 saturated carbocycles. The van der Waals surface area contributed by atoms with Gasteiger partial charge in [-0.1, -0.05) is 32.0 Å². The van der Waals surface area contributed by atoms with Gasteiger partial charge in [-0.15, -0.1) is 0 Å². The number of methoxy groups -OCH3 is 1. The molecule has 1 unspecified atom stereocenters. The predicted octanol–water partition coefficient (Wildman–Crippen LogP) is 2.22. The van der Waals surface area contributed by atoms with E-state index in [0.717, 1.165) is 0 Å². The first-order chi connectivity index (χ1) is 12.7.